The number of hydrogen-bond donors (Lipinski definition) is 0. The Morgan fingerprint density at radius 2 is 1.57 bits per heavy atom. The summed E-state index contributed by atoms with van der Waals surface area (Å²) in [6.45, 7) is 0.169. The summed E-state index contributed by atoms with van der Waals surface area (Å²) in [7, 11) is 1.52. The molecule has 0 aliphatic heterocycles. The number of halogens is 3. The first kappa shape index (κ1) is 27.4. The van der Waals surface area contributed by atoms with Crippen molar-refractivity contribution < 1.29 is 13.9 Å². The fraction of sp³-hybridized carbons (Fsp3) is 0.0625. The van der Waals surface area contributed by atoms with Gasteiger partial charge in [0.25, 0.3) is 0 Å². The van der Waals surface area contributed by atoms with E-state index in [4.69, 9.17) is 48.7 Å². The lowest BCUT2D eigenvalue weighted by Gasteiger charge is -2.14. The Labute approximate surface area is 246 Å². The largest absolute Gasteiger partial charge is 0.493 e. The smallest absolute Gasteiger partial charge is 0.238 e. The molecule has 0 saturated carbocycles. The predicted octanol–water partition coefficient (Wildman–Crippen LogP) is 9.78. The number of nitrogens with zero attached hydrogens (tertiary/aromatic N) is 2. The second kappa shape index (κ2) is 12.3. The molecule has 0 amide bonds. The zero-order chi connectivity index (χ0) is 28.1. The van der Waals surface area contributed by atoms with Crippen molar-refractivity contribution in [3.63, 3.8) is 0 Å². The lowest BCUT2D eigenvalue weighted by atomic mass is 9.98. The van der Waals surface area contributed by atoms with Gasteiger partial charge >= 0.3 is 0 Å². The summed E-state index contributed by atoms with van der Waals surface area (Å²) in [6.07, 6.45) is 1.57. The maximum atomic E-state index is 10.1. The summed E-state index contributed by atoms with van der Waals surface area (Å²) in [6, 6.07) is 30.1. The molecule has 0 aliphatic carbocycles. The van der Waals surface area contributed by atoms with E-state index in [1.165, 1.54) is 7.11 Å². The number of aliphatic imine (C=N–C) groups is 1. The summed E-state index contributed by atoms with van der Waals surface area (Å²) in [5, 5.41) is 11.5. The van der Waals surface area contributed by atoms with Gasteiger partial charge in [0.15, 0.2) is 11.5 Å². The first-order valence-electron chi connectivity index (χ1n) is 12.1. The van der Waals surface area contributed by atoms with Crippen LogP contribution in [0.5, 0.6) is 11.5 Å². The molecule has 0 saturated heterocycles. The first-order chi connectivity index (χ1) is 19.5. The van der Waals surface area contributed by atoms with Gasteiger partial charge in [-0.1, -0.05) is 102 Å². The molecular formula is C32H21Cl3N2O3. The molecule has 1 aromatic heterocycles. The van der Waals surface area contributed by atoms with E-state index in [9.17, 15) is 5.26 Å². The van der Waals surface area contributed by atoms with E-state index >= 15 is 0 Å². The number of hydrogen-bond acceptors (Lipinski definition) is 5. The van der Waals surface area contributed by atoms with Crippen molar-refractivity contribution in [2.24, 2.45) is 4.99 Å². The molecule has 8 heteroatoms. The van der Waals surface area contributed by atoms with Gasteiger partial charge in [0.1, 0.15) is 24.0 Å². The van der Waals surface area contributed by atoms with Crippen LogP contribution in [0.2, 0.25) is 15.1 Å². The molecule has 40 heavy (non-hydrogen) atoms. The van der Waals surface area contributed by atoms with Gasteiger partial charge in [0.2, 0.25) is 5.88 Å². The average molecular weight is 588 g/mol. The van der Waals surface area contributed by atoms with E-state index in [-0.39, 0.29) is 12.5 Å². The van der Waals surface area contributed by atoms with Crippen LogP contribution in [0.3, 0.4) is 0 Å². The number of methoxy groups -OCH3 is 1. The van der Waals surface area contributed by atoms with Crippen LogP contribution in [0.1, 0.15) is 16.7 Å². The molecule has 0 fully saturated rings. The normalized spacial score (nSPS) is 11.0. The first-order valence-corrected chi connectivity index (χ1v) is 13.3. The number of ether oxygens (including phenoxy) is 2. The summed E-state index contributed by atoms with van der Waals surface area (Å²) in [4.78, 5) is 4.54. The van der Waals surface area contributed by atoms with Crippen LogP contribution in [-0.2, 0) is 6.61 Å². The zero-order valence-corrected chi connectivity index (χ0v) is 23.5. The topological polar surface area (TPSA) is 67.8 Å². The summed E-state index contributed by atoms with van der Waals surface area (Å²) in [5.74, 6) is 1.53. The second-order valence-electron chi connectivity index (χ2n) is 8.65. The molecule has 198 valence electrons. The number of benzene rings is 4. The van der Waals surface area contributed by atoms with Crippen LogP contribution in [0.15, 0.2) is 100 Å². The molecule has 0 aliphatic rings. The van der Waals surface area contributed by atoms with E-state index in [1.54, 1.807) is 36.5 Å². The molecule has 5 aromatic rings. The molecule has 0 N–H and O–H groups in total. The van der Waals surface area contributed by atoms with Gasteiger partial charge in [-0.2, -0.15) is 5.26 Å². The highest BCUT2D eigenvalue weighted by atomic mass is 35.5. The molecule has 1 heterocycles. The zero-order valence-electron chi connectivity index (χ0n) is 21.2. The van der Waals surface area contributed by atoms with Gasteiger partial charge in [-0.15, -0.1) is 0 Å². The highest BCUT2D eigenvalue weighted by Crippen LogP contribution is 2.43. The molecular weight excluding hydrogens is 567 g/mol. The molecule has 5 nitrogen and oxygen atoms in total. The second-order valence-corrected chi connectivity index (χ2v) is 9.90. The lowest BCUT2D eigenvalue weighted by molar-refractivity contribution is 0.285. The van der Waals surface area contributed by atoms with Crippen LogP contribution in [0, 0.1) is 11.3 Å². The van der Waals surface area contributed by atoms with Gasteiger partial charge in [-0.3, -0.25) is 0 Å². The van der Waals surface area contributed by atoms with Gasteiger partial charge in [0.05, 0.1) is 12.1 Å². The Kier molecular flexibility index (Phi) is 8.42. The number of rotatable bonds is 8. The standard InChI is InChI=1S/C32H21Cl3N2O3/c1-38-28-15-20(14-27(35)31(28)39-19-23-12-13-24(33)16-26(23)34)18-37-32-25(17-36)29(21-8-4-2-5-9-21)30(40-32)22-10-6-3-7-11-22/h2-16,18H,19H2,1H3/b37-18+. The van der Waals surface area contributed by atoms with E-state index in [2.05, 4.69) is 11.1 Å². The molecule has 4 aromatic carbocycles. The molecule has 0 radical (unpaired) electrons. The Morgan fingerprint density at radius 3 is 2.23 bits per heavy atom. The molecule has 0 atom stereocenters. The van der Waals surface area contributed by atoms with Gasteiger partial charge in [0, 0.05) is 33.0 Å². The van der Waals surface area contributed by atoms with Crippen molar-refractivity contribution in [1.82, 2.24) is 0 Å². The van der Waals surface area contributed by atoms with Crippen LogP contribution in [-0.4, -0.2) is 13.3 Å². The van der Waals surface area contributed by atoms with E-state index in [1.807, 2.05) is 60.7 Å². The van der Waals surface area contributed by atoms with Crippen molar-refractivity contribution in [2.45, 2.75) is 6.61 Å². The minimum Gasteiger partial charge on any atom is -0.493 e. The highest BCUT2D eigenvalue weighted by Gasteiger charge is 2.22. The average Bonchev–Trinajstić information content (AvgIpc) is 3.35. The monoisotopic (exact) mass is 586 g/mol. The third kappa shape index (κ3) is 5.85. The maximum Gasteiger partial charge on any atom is 0.238 e. The lowest BCUT2D eigenvalue weighted by Crippen LogP contribution is -2.00. The fourth-order valence-corrected chi connectivity index (χ4v) is 4.90. The minimum atomic E-state index is 0.169. The van der Waals surface area contributed by atoms with Gasteiger partial charge < -0.3 is 13.9 Å². The minimum absolute atomic E-state index is 0.169. The van der Waals surface area contributed by atoms with E-state index in [0.29, 0.717) is 49.0 Å². The summed E-state index contributed by atoms with van der Waals surface area (Å²) < 4.78 is 17.7. The Balaban J connectivity index is 1.49. The van der Waals surface area contributed by atoms with Crippen molar-refractivity contribution in [1.29, 1.82) is 5.26 Å². The van der Waals surface area contributed by atoms with E-state index in [0.717, 1.165) is 16.7 Å². The molecule has 5 rings (SSSR count). The highest BCUT2D eigenvalue weighted by molar-refractivity contribution is 6.35. The number of furan rings is 1. The third-order valence-electron chi connectivity index (χ3n) is 6.07. The predicted molar refractivity (Wildman–Crippen MR) is 160 cm³/mol. The van der Waals surface area contributed by atoms with Crippen molar-refractivity contribution >= 4 is 46.9 Å². The third-order valence-corrected chi connectivity index (χ3v) is 6.94. The van der Waals surface area contributed by atoms with Crippen molar-refractivity contribution in [3.05, 3.63) is 123 Å². The fourth-order valence-electron chi connectivity index (χ4n) is 4.16. The molecule has 0 bridgehead atoms. The van der Waals surface area contributed by atoms with Crippen LogP contribution >= 0.6 is 34.8 Å². The Bertz CT molecular complexity index is 1730. The Hall–Kier alpha value is -4.21. The van der Waals surface area contributed by atoms with Crippen LogP contribution < -0.4 is 9.47 Å². The number of nitriles is 1. The van der Waals surface area contributed by atoms with Crippen molar-refractivity contribution in [2.75, 3.05) is 7.11 Å². The van der Waals surface area contributed by atoms with E-state index < -0.39 is 0 Å². The maximum absolute atomic E-state index is 10.1. The van der Waals surface area contributed by atoms with Crippen LogP contribution in [0.25, 0.3) is 22.5 Å². The SMILES string of the molecule is COc1cc(/C=N/c2oc(-c3ccccc3)c(-c3ccccc3)c2C#N)cc(Cl)c1OCc1ccc(Cl)cc1Cl. The summed E-state index contributed by atoms with van der Waals surface area (Å²) in [5.41, 5.74) is 4.09. The quantitative estimate of drug-likeness (QED) is 0.169. The molecule has 0 spiro atoms. The Morgan fingerprint density at radius 1 is 0.875 bits per heavy atom. The van der Waals surface area contributed by atoms with Gasteiger partial charge in [-0.25, -0.2) is 4.99 Å². The molecule has 0 unspecified atom stereocenters. The van der Waals surface area contributed by atoms with Crippen molar-refractivity contribution in [3.8, 4) is 40.0 Å². The van der Waals surface area contributed by atoms with Gasteiger partial charge in [-0.05, 0) is 35.4 Å². The summed E-state index contributed by atoms with van der Waals surface area (Å²) >= 11 is 18.8. The van der Waals surface area contributed by atoms with Crippen LogP contribution in [0.4, 0.5) is 5.88 Å².